The zero-order valence-electron chi connectivity index (χ0n) is 10.6. The lowest BCUT2D eigenvalue weighted by molar-refractivity contribution is -0.111. The molecule has 7 heteroatoms. The molecule has 1 aromatic carbocycles. The number of rotatable bonds is 4. The summed E-state index contributed by atoms with van der Waals surface area (Å²) in [6.45, 7) is 1.98. The number of hydrogen-bond acceptors (Lipinski definition) is 4. The van der Waals surface area contributed by atoms with Gasteiger partial charge in [-0.05, 0) is 30.2 Å². The van der Waals surface area contributed by atoms with Crippen LogP contribution in [0.1, 0.15) is 17.5 Å². The largest absolute Gasteiger partial charge is 0.297 e. The van der Waals surface area contributed by atoms with E-state index in [1.165, 1.54) is 17.4 Å². The average Bonchev–Trinajstić information content (AvgIpc) is 2.85. The Balaban J connectivity index is 2.01. The van der Waals surface area contributed by atoms with Gasteiger partial charge in [0.2, 0.25) is 11.0 Å². The van der Waals surface area contributed by atoms with Crippen LogP contribution >= 0.6 is 34.5 Å². The third-order valence-electron chi connectivity index (χ3n) is 2.38. The third-order valence-corrected chi connectivity index (χ3v) is 3.92. The first-order valence-electron chi connectivity index (χ1n) is 5.85. The van der Waals surface area contributed by atoms with Crippen molar-refractivity contribution in [3.8, 4) is 0 Å². The molecule has 1 heterocycles. The Labute approximate surface area is 130 Å². The van der Waals surface area contributed by atoms with Crippen molar-refractivity contribution < 1.29 is 4.79 Å². The first-order valence-corrected chi connectivity index (χ1v) is 7.42. The van der Waals surface area contributed by atoms with E-state index in [2.05, 4.69) is 15.5 Å². The van der Waals surface area contributed by atoms with E-state index in [1.54, 1.807) is 24.3 Å². The number of carbonyl (C=O) groups is 1. The van der Waals surface area contributed by atoms with E-state index in [1.807, 2.05) is 6.92 Å². The Morgan fingerprint density at radius 1 is 1.40 bits per heavy atom. The van der Waals surface area contributed by atoms with Crippen molar-refractivity contribution in [1.29, 1.82) is 0 Å². The van der Waals surface area contributed by atoms with Crippen LogP contribution in [0.5, 0.6) is 0 Å². The number of anilines is 1. The number of benzene rings is 1. The number of nitrogens with one attached hydrogen (secondary N) is 1. The van der Waals surface area contributed by atoms with E-state index in [0.29, 0.717) is 15.2 Å². The van der Waals surface area contributed by atoms with Crippen LogP contribution < -0.4 is 5.32 Å². The predicted octanol–water partition coefficient (Wildman–Crippen LogP) is 4.06. The van der Waals surface area contributed by atoms with Gasteiger partial charge in [-0.3, -0.25) is 10.1 Å². The van der Waals surface area contributed by atoms with Gasteiger partial charge in [-0.2, -0.15) is 0 Å². The maximum Gasteiger partial charge on any atom is 0.250 e. The number of aromatic nitrogens is 2. The Morgan fingerprint density at radius 3 is 2.85 bits per heavy atom. The SMILES string of the molecule is CCc1nnc(NC(=O)C=Cc2ccc(Cl)cc2Cl)s1. The van der Waals surface area contributed by atoms with Crippen molar-refractivity contribution in [3.05, 3.63) is 44.9 Å². The second kappa shape index (κ2) is 6.83. The Hall–Kier alpha value is -1.43. The highest BCUT2D eigenvalue weighted by atomic mass is 35.5. The molecule has 0 aliphatic heterocycles. The van der Waals surface area contributed by atoms with E-state index in [9.17, 15) is 4.79 Å². The highest BCUT2D eigenvalue weighted by Crippen LogP contribution is 2.22. The number of carbonyl (C=O) groups excluding carboxylic acids is 1. The number of halogens is 2. The monoisotopic (exact) mass is 327 g/mol. The zero-order chi connectivity index (χ0) is 14.5. The molecule has 0 fully saturated rings. The van der Waals surface area contributed by atoms with Crippen LogP contribution in [0.25, 0.3) is 6.08 Å². The molecule has 0 saturated carbocycles. The fraction of sp³-hybridized carbons (Fsp3) is 0.154. The number of amides is 1. The van der Waals surface area contributed by atoms with Gasteiger partial charge < -0.3 is 0 Å². The maximum absolute atomic E-state index is 11.7. The van der Waals surface area contributed by atoms with Gasteiger partial charge in [0.25, 0.3) is 0 Å². The Bertz CT molecular complexity index is 655. The zero-order valence-corrected chi connectivity index (χ0v) is 12.9. The van der Waals surface area contributed by atoms with Gasteiger partial charge in [-0.1, -0.05) is 47.5 Å². The van der Waals surface area contributed by atoms with Crippen LogP contribution in [-0.2, 0) is 11.2 Å². The molecule has 0 bridgehead atoms. The minimum atomic E-state index is -0.283. The molecule has 104 valence electrons. The second-order valence-corrected chi connectivity index (χ2v) is 5.75. The summed E-state index contributed by atoms with van der Waals surface area (Å²) in [5.74, 6) is -0.283. The first-order chi connectivity index (χ1) is 9.58. The summed E-state index contributed by atoms with van der Waals surface area (Å²) < 4.78 is 0. The molecule has 0 aliphatic carbocycles. The Kier molecular flexibility index (Phi) is 5.11. The number of aryl methyl sites for hydroxylation is 1. The van der Waals surface area contributed by atoms with E-state index >= 15 is 0 Å². The number of hydrogen-bond donors (Lipinski definition) is 1. The normalized spacial score (nSPS) is 10.9. The summed E-state index contributed by atoms with van der Waals surface area (Å²) in [7, 11) is 0. The maximum atomic E-state index is 11.7. The van der Waals surface area contributed by atoms with Crippen molar-refractivity contribution in [2.45, 2.75) is 13.3 Å². The molecule has 1 amide bonds. The van der Waals surface area contributed by atoms with Crippen LogP contribution in [0.15, 0.2) is 24.3 Å². The molecule has 0 saturated heterocycles. The van der Waals surface area contributed by atoms with Crippen molar-refractivity contribution in [3.63, 3.8) is 0 Å². The quantitative estimate of drug-likeness (QED) is 0.861. The number of nitrogens with zero attached hydrogens (tertiary/aromatic N) is 2. The summed E-state index contributed by atoms with van der Waals surface area (Å²) in [6.07, 6.45) is 3.81. The Morgan fingerprint density at radius 2 is 2.20 bits per heavy atom. The van der Waals surface area contributed by atoms with Gasteiger partial charge in [0.05, 0.1) is 0 Å². The molecule has 2 aromatic rings. The molecule has 0 spiro atoms. The van der Waals surface area contributed by atoms with Crippen molar-refractivity contribution >= 4 is 51.7 Å². The lowest BCUT2D eigenvalue weighted by Gasteiger charge is -1.99. The van der Waals surface area contributed by atoms with Gasteiger partial charge in [-0.25, -0.2) is 0 Å². The third kappa shape index (κ3) is 4.03. The van der Waals surface area contributed by atoms with Crippen LogP contribution in [-0.4, -0.2) is 16.1 Å². The van der Waals surface area contributed by atoms with Crippen LogP contribution in [0.2, 0.25) is 10.0 Å². The summed E-state index contributed by atoms with van der Waals surface area (Å²) in [4.78, 5) is 11.7. The topological polar surface area (TPSA) is 54.9 Å². The first kappa shape index (κ1) is 15.0. The lowest BCUT2D eigenvalue weighted by Crippen LogP contribution is -2.07. The summed E-state index contributed by atoms with van der Waals surface area (Å²) in [6, 6.07) is 5.08. The van der Waals surface area contributed by atoms with Crippen molar-refractivity contribution in [2.24, 2.45) is 0 Å². The van der Waals surface area contributed by atoms with Crippen LogP contribution in [0, 0.1) is 0 Å². The van der Waals surface area contributed by atoms with Crippen LogP contribution in [0.3, 0.4) is 0 Å². The van der Waals surface area contributed by atoms with E-state index in [0.717, 1.165) is 17.0 Å². The molecular formula is C13H11Cl2N3OS. The fourth-order valence-electron chi connectivity index (χ4n) is 1.40. The van der Waals surface area contributed by atoms with E-state index < -0.39 is 0 Å². The molecule has 1 aromatic heterocycles. The minimum absolute atomic E-state index is 0.283. The van der Waals surface area contributed by atoms with Crippen molar-refractivity contribution in [1.82, 2.24) is 10.2 Å². The van der Waals surface area contributed by atoms with Gasteiger partial charge in [0.1, 0.15) is 5.01 Å². The molecule has 20 heavy (non-hydrogen) atoms. The standard InChI is InChI=1S/C13H11Cl2N3OS/c1-2-12-17-18-13(20-12)16-11(19)6-4-8-3-5-9(14)7-10(8)15/h3-7H,2H2,1H3,(H,16,18,19). The molecule has 0 unspecified atom stereocenters. The molecule has 0 aliphatic rings. The predicted molar refractivity (Wildman–Crippen MR) is 83.4 cm³/mol. The van der Waals surface area contributed by atoms with E-state index in [-0.39, 0.29) is 5.91 Å². The average molecular weight is 328 g/mol. The summed E-state index contributed by atoms with van der Waals surface area (Å²) in [5, 5.41) is 12.9. The highest BCUT2D eigenvalue weighted by Gasteiger charge is 2.05. The molecule has 0 atom stereocenters. The molecule has 0 radical (unpaired) electrons. The summed E-state index contributed by atoms with van der Waals surface area (Å²) >= 11 is 13.2. The second-order valence-electron chi connectivity index (χ2n) is 3.84. The van der Waals surface area contributed by atoms with Gasteiger partial charge >= 0.3 is 0 Å². The molecule has 1 N–H and O–H groups in total. The van der Waals surface area contributed by atoms with Gasteiger partial charge in [0.15, 0.2) is 0 Å². The van der Waals surface area contributed by atoms with Crippen LogP contribution in [0.4, 0.5) is 5.13 Å². The van der Waals surface area contributed by atoms with Gasteiger partial charge in [-0.15, -0.1) is 10.2 Å². The fourth-order valence-corrected chi connectivity index (χ4v) is 2.55. The molecule has 4 nitrogen and oxygen atoms in total. The van der Waals surface area contributed by atoms with Gasteiger partial charge in [0, 0.05) is 16.1 Å². The molecular weight excluding hydrogens is 317 g/mol. The van der Waals surface area contributed by atoms with Crippen molar-refractivity contribution in [2.75, 3.05) is 5.32 Å². The minimum Gasteiger partial charge on any atom is -0.297 e. The smallest absolute Gasteiger partial charge is 0.250 e. The van der Waals surface area contributed by atoms with E-state index in [4.69, 9.17) is 23.2 Å². The highest BCUT2D eigenvalue weighted by molar-refractivity contribution is 7.15. The lowest BCUT2D eigenvalue weighted by atomic mass is 10.2. The molecule has 2 rings (SSSR count). The summed E-state index contributed by atoms with van der Waals surface area (Å²) in [5.41, 5.74) is 0.720.